The van der Waals surface area contributed by atoms with E-state index in [1.165, 1.54) is 27.4 Å². The summed E-state index contributed by atoms with van der Waals surface area (Å²) in [4.78, 5) is 18.7. The number of ether oxygens (including phenoxy) is 1. The summed E-state index contributed by atoms with van der Waals surface area (Å²) in [5.74, 6) is -0.598. The highest BCUT2D eigenvalue weighted by Crippen LogP contribution is 2.32. The second-order valence-corrected chi connectivity index (χ2v) is 9.55. The molecular weight excluding hydrogens is 462 g/mol. The Morgan fingerprint density at radius 3 is 2.65 bits per heavy atom. The van der Waals surface area contributed by atoms with Gasteiger partial charge in [0, 0.05) is 23.7 Å². The largest absolute Gasteiger partial charge is 0.443 e. The third kappa shape index (κ3) is 5.70. The van der Waals surface area contributed by atoms with Crippen LogP contribution in [0, 0.1) is 5.82 Å². The summed E-state index contributed by atoms with van der Waals surface area (Å²) in [7, 11) is 1.66. The Hall–Kier alpha value is -2.29. The third-order valence-corrected chi connectivity index (χ3v) is 5.93. The number of hydrogen-bond acceptors (Lipinski definition) is 5. The van der Waals surface area contributed by atoms with Gasteiger partial charge in [-0.05, 0) is 51.1 Å². The summed E-state index contributed by atoms with van der Waals surface area (Å²) in [5, 5.41) is 5.40. The summed E-state index contributed by atoms with van der Waals surface area (Å²) < 4.78 is 21.5. The van der Waals surface area contributed by atoms with E-state index in [1.54, 1.807) is 43.6 Å². The van der Waals surface area contributed by atoms with Crippen molar-refractivity contribution in [3.63, 3.8) is 0 Å². The first-order valence-electron chi connectivity index (χ1n) is 9.29. The fraction of sp³-hybridized carbons (Fsp3) is 0.286. The number of aromatic nitrogens is 3. The molecule has 3 aromatic rings. The smallest absolute Gasteiger partial charge is 0.410 e. The van der Waals surface area contributed by atoms with Gasteiger partial charge in [0.05, 0.1) is 5.02 Å². The number of halogens is 3. The molecule has 3 rings (SSSR count). The highest BCUT2D eigenvalue weighted by Gasteiger charge is 2.24. The molecule has 0 aliphatic heterocycles. The van der Waals surface area contributed by atoms with Crippen LogP contribution in [-0.2, 0) is 11.3 Å². The second kappa shape index (κ2) is 9.46. The molecule has 31 heavy (non-hydrogen) atoms. The Bertz CT molecular complexity index is 1080. The van der Waals surface area contributed by atoms with Crippen molar-refractivity contribution in [1.29, 1.82) is 0 Å². The van der Waals surface area contributed by atoms with Gasteiger partial charge in [-0.2, -0.15) is 5.10 Å². The number of amides is 1. The molecule has 1 amide bonds. The predicted molar refractivity (Wildman–Crippen MR) is 120 cm³/mol. The standard InChI is InChI=1S/C21H21Cl2FN4O2S/c1-21(2,3)27(4)20(29)30-12-13-10-18(31-14-8-9-17(23)25-11-14)28(26-13)16-7-5-6-15(22)19(16)24/h5-11H,12H2,1-4H3. The first-order chi connectivity index (χ1) is 14.6. The number of carbonyl (C=O) groups excluding carboxylic acids is 1. The molecule has 0 aliphatic carbocycles. The lowest BCUT2D eigenvalue weighted by Crippen LogP contribution is -2.42. The van der Waals surface area contributed by atoms with Crippen LogP contribution in [0.4, 0.5) is 9.18 Å². The van der Waals surface area contributed by atoms with Gasteiger partial charge in [-0.15, -0.1) is 0 Å². The topological polar surface area (TPSA) is 60.3 Å². The summed E-state index contributed by atoms with van der Waals surface area (Å²) in [6, 6.07) is 9.86. The monoisotopic (exact) mass is 482 g/mol. The van der Waals surface area contributed by atoms with E-state index in [0.29, 0.717) is 15.9 Å². The number of benzene rings is 1. The Morgan fingerprint density at radius 2 is 2.00 bits per heavy atom. The number of carbonyl (C=O) groups is 1. The van der Waals surface area contributed by atoms with Crippen molar-refractivity contribution in [2.24, 2.45) is 0 Å². The van der Waals surface area contributed by atoms with Crippen LogP contribution in [-0.4, -0.2) is 38.3 Å². The van der Waals surface area contributed by atoms with E-state index in [2.05, 4.69) is 10.1 Å². The molecule has 0 saturated heterocycles. The SMILES string of the molecule is CN(C(=O)OCc1cc(Sc2ccc(Cl)nc2)n(-c2cccc(Cl)c2F)n1)C(C)(C)C. The van der Waals surface area contributed by atoms with Gasteiger partial charge in [0.2, 0.25) is 0 Å². The third-order valence-electron chi connectivity index (χ3n) is 4.43. The fourth-order valence-electron chi connectivity index (χ4n) is 2.43. The molecule has 0 fully saturated rings. The molecule has 2 aromatic heterocycles. The van der Waals surface area contributed by atoms with Crippen molar-refractivity contribution in [3.05, 3.63) is 64.3 Å². The van der Waals surface area contributed by atoms with E-state index in [9.17, 15) is 9.18 Å². The van der Waals surface area contributed by atoms with Crippen LogP contribution >= 0.6 is 35.0 Å². The van der Waals surface area contributed by atoms with E-state index in [4.69, 9.17) is 27.9 Å². The van der Waals surface area contributed by atoms with Gasteiger partial charge in [-0.3, -0.25) is 0 Å². The van der Waals surface area contributed by atoms with Crippen molar-refractivity contribution >= 4 is 41.1 Å². The number of hydrogen-bond donors (Lipinski definition) is 0. The molecule has 0 N–H and O–H groups in total. The Kier molecular flexibility index (Phi) is 7.13. The van der Waals surface area contributed by atoms with Crippen molar-refractivity contribution < 1.29 is 13.9 Å². The van der Waals surface area contributed by atoms with E-state index in [0.717, 1.165) is 4.90 Å². The van der Waals surface area contributed by atoms with Crippen LogP contribution < -0.4 is 0 Å². The van der Waals surface area contributed by atoms with E-state index in [1.807, 2.05) is 20.8 Å². The lowest BCUT2D eigenvalue weighted by molar-refractivity contribution is 0.0749. The van der Waals surface area contributed by atoms with Crippen LogP contribution in [0.1, 0.15) is 26.5 Å². The van der Waals surface area contributed by atoms with E-state index < -0.39 is 11.9 Å². The molecule has 0 bridgehead atoms. The van der Waals surface area contributed by atoms with Gasteiger partial charge in [-0.25, -0.2) is 18.9 Å². The first kappa shape index (κ1) is 23.4. The molecule has 0 unspecified atom stereocenters. The summed E-state index contributed by atoms with van der Waals surface area (Å²) in [5.41, 5.74) is 0.254. The maximum Gasteiger partial charge on any atom is 0.410 e. The minimum Gasteiger partial charge on any atom is -0.443 e. The van der Waals surface area contributed by atoms with Gasteiger partial charge in [-0.1, -0.05) is 41.0 Å². The zero-order chi connectivity index (χ0) is 22.8. The van der Waals surface area contributed by atoms with Crippen molar-refractivity contribution in [2.75, 3.05) is 7.05 Å². The minimum atomic E-state index is -0.598. The van der Waals surface area contributed by atoms with Crippen molar-refractivity contribution in [3.8, 4) is 5.69 Å². The number of nitrogens with zero attached hydrogens (tertiary/aromatic N) is 4. The van der Waals surface area contributed by atoms with Crippen LogP contribution in [0.3, 0.4) is 0 Å². The van der Waals surface area contributed by atoms with Crippen molar-refractivity contribution in [1.82, 2.24) is 19.7 Å². The van der Waals surface area contributed by atoms with Crippen LogP contribution in [0.25, 0.3) is 5.69 Å². The summed E-state index contributed by atoms with van der Waals surface area (Å²) >= 11 is 13.1. The predicted octanol–water partition coefficient (Wildman–Crippen LogP) is 6.23. The van der Waals surface area contributed by atoms with Crippen LogP contribution in [0.2, 0.25) is 10.2 Å². The van der Waals surface area contributed by atoms with E-state index in [-0.39, 0.29) is 22.9 Å². The van der Waals surface area contributed by atoms with Crippen LogP contribution in [0.5, 0.6) is 0 Å². The minimum absolute atomic E-state index is 0.0168. The summed E-state index contributed by atoms with van der Waals surface area (Å²) in [6.45, 7) is 5.64. The molecule has 6 nitrogen and oxygen atoms in total. The van der Waals surface area contributed by atoms with Crippen LogP contribution in [0.15, 0.2) is 52.5 Å². The molecule has 0 atom stereocenters. The Labute approximate surface area is 194 Å². The number of rotatable bonds is 5. The van der Waals surface area contributed by atoms with Crippen molar-refractivity contribution in [2.45, 2.75) is 42.8 Å². The lowest BCUT2D eigenvalue weighted by atomic mass is 10.1. The second-order valence-electron chi connectivity index (χ2n) is 7.66. The van der Waals surface area contributed by atoms with Gasteiger partial charge in [0.25, 0.3) is 0 Å². The zero-order valence-electron chi connectivity index (χ0n) is 17.4. The summed E-state index contributed by atoms with van der Waals surface area (Å²) in [6.07, 6.45) is 1.13. The molecule has 0 saturated carbocycles. The number of pyridine rings is 1. The Morgan fingerprint density at radius 1 is 1.26 bits per heavy atom. The van der Waals surface area contributed by atoms with Gasteiger partial charge in [0.1, 0.15) is 28.2 Å². The Balaban J connectivity index is 1.91. The molecule has 2 heterocycles. The quantitative estimate of drug-likeness (QED) is 0.403. The average Bonchev–Trinajstić information content (AvgIpc) is 3.11. The molecule has 10 heteroatoms. The molecule has 0 aliphatic rings. The van der Waals surface area contributed by atoms with Gasteiger partial charge < -0.3 is 9.64 Å². The molecule has 164 valence electrons. The zero-order valence-corrected chi connectivity index (χ0v) is 19.7. The van der Waals surface area contributed by atoms with Gasteiger partial charge >= 0.3 is 6.09 Å². The maximum absolute atomic E-state index is 14.7. The lowest BCUT2D eigenvalue weighted by Gasteiger charge is -2.30. The van der Waals surface area contributed by atoms with Gasteiger partial charge in [0.15, 0.2) is 5.82 Å². The fourth-order valence-corrected chi connectivity index (χ4v) is 3.62. The molecule has 1 aromatic carbocycles. The normalized spacial score (nSPS) is 11.5. The average molecular weight is 483 g/mol. The highest BCUT2D eigenvalue weighted by atomic mass is 35.5. The molecule has 0 spiro atoms. The first-order valence-corrected chi connectivity index (χ1v) is 10.9. The highest BCUT2D eigenvalue weighted by molar-refractivity contribution is 7.99. The molecule has 0 radical (unpaired) electrons. The molecular formula is C21H21Cl2FN4O2S. The van der Waals surface area contributed by atoms with E-state index >= 15 is 0 Å². The maximum atomic E-state index is 14.7.